The average molecular weight is 634 g/mol. The molecular weight excluding hydrogens is 585 g/mol. The number of carbonyl (C=O) groups is 2. The van der Waals surface area contributed by atoms with Gasteiger partial charge in [-0.05, 0) is 63.5 Å². The number of halogens is 1. The van der Waals surface area contributed by atoms with Crippen LogP contribution in [0.3, 0.4) is 0 Å². The predicted molar refractivity (Wildman–Crippen MR) is 174 cm³/mol. The van der Waals surface area contributed by atoms with E-state index in [0.717, 1.165) is 75.6 Å². The van der Waals surface area contributed by atoms with Gasteiger partial charge in [-0.15, -0.1) is 0 Å². The molecule has 4 heterocycles. The maximum atomic E-state index is 15.4. The van der Waals surface area contributed by atoms with Gasteiger partial charge in [0.15, 0.2) is 0 Å². The maximum Gasteiger partial charge on any atom is 0.255 e. The Morgan fingerprint density at radius 2 is 1.61 bits per heavy atom. The number of ether oxygens (including phenoxy) is 1. The fraction of sp³-hybridized carbons (Fsp3) is 0.629. The van der Waals surface area contributed by atoms with E-state index in [1.165, 1.54) is 12.8 Å². The van der Waals surface area contributed by atoms with Crippen molar-refractivity contribution in [2.45, 2.75) is 110 Å². The Kier molecular flexibility index (Phi) is 10.2. The monoisotopic (exact) mass is 633 g/mol. The molecule has 6 rings (SSSR count). The summed E-state index contributed by atoms with van der Waals surface area (Å²) in [5, 5.41) is 17.8. The molecule has 3 aromatic heterocycles. The Bertz CT molecular complexity index is 1480. The molecule has 2 saturated carbocycles. The summed E-state index contributed by atoms with van der Waals surface area (Å²) in [6.45, 7) is 6.92. The molecule has 0 unspecified atom stereocenters. The van der Waals surface area contributed by atoms with Gasteiger partial charge >= 0.3 is 0 Å². The molecular formula is C35H48FN7O3. The van der Waals surface area contributed by atoms with Crippen LogP contribution in [0.2, 0.25) is 0 Å². The molecule has 2 aliphatic carbocycles. The van der Waals surface area contributed by atoms with Crippen LogP contribution in [0.5, 0.6) is 0 Å². The molecule has 3 fully saturated rings. The van der Waals surface area contributed by atoms with Crippen LogP contribution < -0.4 is 10.6 Å². The molecule has 3 aromatic rings. The van der Waals surface area contributed by atoms with Gasteiger partial charge in [0, 0.05) is 35.7 Å². The zero-order valence-corrected chi connectivity index (χ0v) is 27.4. The van der Waals surface area contributed by atoms with Gasteiger partial charge in [-0.1, -0.05) is 64.2 Å². The second-order valence-electron chi connectivity index (χ2n) is 13.6. The third kappa shape index (κ3) is 6.89. The zero-order valence-electron chi connectivity index (χ0n) is 27.4. The number of carbonyl (C=O) groups excluding carboxylic acids is 2. The van der Waals surface area contributed by atoms with Crippen LogP contribution >= 0.6 is 0 Å². The number of pyridine rings is 1. The highest BCUT2D eigenvalue weighted by Crippen LogP contribution is 2.42. The second kappa shape index (κ2) is 14.4. The molecule has 0 aromatic carbocycles. The summed E-state index contributed by atoms with van der Waals surface area (Å²) in [7, 11) is 0. The molecule has 10 nitrogen and oxygen atoms in total. The summed E-state index contributed by atoms with van der Waals surface area (Å²) in [4.78, 5) is 32.5. The molecule has 3 N–H and O–H groups in total. The van der Waals surface area contributed by atoms with Crippen LogP contribution in [-0.2, 0) is 9.53 Å². The number of aryl methyl sites for hydroxylation is 2. The van der Waals surface area contributed by atoms with Crippen molar-refractivity contribution >= 4 is 17.6 Å². The maximum absolute atomic E-state index is 15.4. The number of H-pyrrole nitrogens is 1. The van der Waals surface area contributed by atoms with E-state index in [2.05, 4.69) is 30.9 Å². The minimum absolute atomic E-state index is 0.0178. The minimum Gasteiger partial charge on any atom is -0.381 e. The van der Waals surface area contributed by atoms with E-state index in [1.54, 1.807) is 18.3 Å². The molecule has 0 radical (unpaired) electrons. The van der Waals surface area contributed by atoms with Gasteiger partial charge in [0.2, 0.25) is 11.9 Å². The standard InChI is InChI=1S/C35H48FN7O3/c1-21-30(22(2)42-41-21)27-14-15-29(38-33(27)36)39-35(45)32(31(24-10-6-4-7-11-24)25-12-8-5-9-13-25)40-34(44)28-20-37-43(23(28)3)26-16-18-46-19-17-26/h14-15,20,24-26,31-32H,4-13,16-19H2,1-3H3,(H,40,44)(H,41,42)(H,38,39,45)/t32-/m0/s1. The van der Waals surface area contributed by atoms with Crippen molar-refractivity contribution in [2.75, 3.05) is 18.5 Å². The summed E-state index contributed by atoms with van der Waals surface area (Å²) in [5.41, 5.74) is 3.69. The van der Waals surface area contributed by atoms with E-state index >= 15 is 4.39 Å². The van der Waals surface area contributed by atoms with Crippen molar-refractivity contribution in [2.24, 2.45) is 17.8 Å². The number of anilines is 1. The Balaban J connectivity index is 1.30. The van der Waals surface area contributed by atoms with E-state index < -0.39 is 12.0 Å². The van der Waals surface area contributed by atoms with Crippen molar-refractivity contribution in [3.05, 3.63) is 46.9 Å². The lowest BCUT2D eigenvalue weighted by molar-refractivity contribution is -0.121. The number of nitrogens with one attached hydrogen (secondary N) is 3. The van der Waals surface area contributed by atoms with Gasteiger partial charge in [0.05, 0.1) is 23.5 Å². The molecule has 1 atom stereocenters. The summed E-state index contributed by atoms with van der Waals surface area (Å²) in [5.74, 6) is -0.559. The van der Waals surface area contributed by atoms with Gasteiger partial charge in [-0.3, -0.25) is 19.4 Å². The SMILES string of the molecule is Cc1n[nH]c(C)c1-c1ccc(NC(=O)[C@@H](NC(=O)c2cnn(C3CCOCC3)c2C)C(C2CCCCC2)C2CCCCC2)nc1F. The second-order valence-corrected chi connectivity index (χ2v) is 13.6. The fourth-order valence-corrected chi connectivity index (χ4v) is 8.31. The van der Waals surface area contributed by atoms with Gasteiger partial charge in [0.1, 0.15) is 11.9 Å². The highest BCUT2D eigenvalue weighted by Gasteiger charge is 2.41. The van der Waals surface area contributed by atoms with Gasteiger partial charge in [-0.25, -0.2) is 4.98 Å². The number of hydrogen-bond donors (Lipinski definition) is 3. The zero-order chi connectivity index (χ0) is 32.2. The number of amides is 2. The summed E-state index contributed by atoms with van der Waals surface area (Å²) in [6.07, 6.45) is 14.5. The van der Waals surface area contributed by atoms with Crippen molar-refractivity contribution in [3.8, 4) is 11.1 Å². The number of hydrogen-bond acceptors (Lipinski definition) is 6. The van der Waals surface area contributed by atoms with Crippen LogP contribution in [0.25, 0.3) is 11.1 Å². The Labute approximate surface area is 270 Å². The summed E-state index contributed by atoms with van der Waals surface area (Å²) < 4.78 is 22.9. The quantitative estimate of drug-likeness (QED) is 0.228. The topological polar surface area (TPSA) is 127 Å². The van der Waals surface area contributed by atoms with E-state index in [0.29, 0.717) is 47.4 Å². The van der Waals surface area contributed by atoms with Gasteiger partial charge in [-0.2, -0.15) is 14.6 Å². The molecule has 248 valence electrons. The first-order valence-corrected chi connectivity index (χ1v) is 17.2. The van der Waals surface area contributed by atoms with Gasteiger partial charge < -0.3 is 15.4 Å². The predicted octanol–water partition coefficient (Wildman–Crippen LogP) is 6.60. The van der Waals surface area contributed by atoms with Crippen LogP contribution in [0, 0.1) is 44.5 Å². The number of nitrogens with zero attached hydrogens (tertiary/aromatic N) is 4. The average Bonchev–Trinajstić information content (AvgIpc) is 3.62. The highest BCUT2D eigenvalue weighted by atomic mass is 19.1. The lowest BCUT2D eigenvalue weighted by Gasteiger charge is -2.41. The van der Waals surface area contributed by atoms with E-state index in [1.807, 2.05) is 25.5 Å². The molecule has 11 heteroatoms. The highest BCUT2D eigenvalue weighted by molar-refractivity contribution is 6.01. The van der Waals surface area contributed by atoms with Crippen LogP contribution in [0.1, 0.15) is 111 Å². The molecule has 0 bridgehead atoms. The summed E-state index contributed by atoms with van der Waals surface area (Å²) in [6, 6.07) is 2.65. The number of aromatic amines is 1. The van der Waals surface area contributed by atoms with Crippen LogP contribution in [-0.4, -0.2) is 56.0 Å². The lowest BCUT2D eigenvalue weighted by atomic mass is 9.66. The van der Waals surface area contributed by atoms with Gasteiger partial charge in [0.25, 0.3) is 5.91 Å². The van der Waals surface area contributed by atoms with Crippen molar-refractivity contribution in [1.29, 1.82) is 0 Å². The largest absolute Gasteiger partial charge is 0.381 e. The third-order valence-corrected chi connectivity index (χ3v) is 10.7. The van der Waals surface area contributed by atoms with E-state index in [-0.39, 0.29) is 29.6 Å². The van der Waals surface area contributed by atoms with Crippen molar-refractivity contribution in [3.63, 3.8) is 0 Å². The minimum atomic E-state index is -0.785. The smallest absolute Gasteiger partial charge is 0.255 e. The molecule has 2 amide bonds. The van der Waals surface area contributed by atoms with Crippen LogP contribution in [0.4, 0.5) is 10.2 Å². The summed E-state index contributed by atoms with van der Waals surface area (Å²) >= 11 is 0. The van der Waals surface area contributed by atoms with Crippen molar-refractivity contribution < 1.29 is 18.7 Å². The Morgan fingerprint density at radius 1 is 0.957 bits per heavy atom. The fourth-order valence-electron chi connectivity index (χ4n) is 8.31. The Hall–Kier alpha value is -3.60. The first-order chi connectivity index (χ1) is 22.3. The van der Waals surface area contributed by atoms with E-state index in [9.17, 15) is 9.59 Å². The first kappa shape index (κ1) is 32.3. The van der Waals surface area contributed by atoms with E-state index in [4.69, 9.17) is 4.74 Å². The van der Waals surface area contributed by atoms with Crippen LogP contribution in [0.15, 0.2) is 18.3 Å². The molecule has 1 aliphatic heterocycles. The molecule has 0 spiro atoms. The number of aromatic nitrogens is 5. The molecule has 46 heavy (non-hydrogen) atoms. The molecule has 3 aliphatic rings. The first-order valence-electron chi connectivity index (χ1n) is 17.2. The number of rotatable bonds is 9. The Morgan fingerprint density at radius 3 is 2.20 bits per heavy atom. The lowest BCUT2D eigenvalue weighted by Crippen LogP contribution is -2.53. The molecule has 1 saturated heterocycles. The third-order valence-electron chi connectivity index (χ3n) is 10.7. The van der Waals surface area contributed by atoms with Crippen molar-refractivity contribution in [1.82, 2.24) is 30.3 Å². The normalized spacial score (nSPS) is 19.3.